The van der Waals surface area contributed by atoms with E-state index >= 15 is 0 Å². The van der Waals surface area contributed by atoms with E-state index in [1.165, 1.54) is 6.07 Å². The summed E-state index contributed by atoms with van der Waals surface area (Å²) in [6.45, 7) is 3.01. The Hall–Kier alpha value is -1.33. The van der Waals surface area contributed by atoms with Crippen LogP contribution in [-0.4, -0.2) is 28.7 Å². The number of nitro groups is 1. The van der Waals surface area contributed by atoms with E-state index in [-0.39, 0.29) is 10.7 Å². The SMILES string of the molecule is Cc1cc([N+](=O)[O-])c(Cl)cc1N1CC(O)(C2CC2)C1. The molecule has 1 saturated carbocycles. The molecule has 1 heterocycles. The van der Waals surface area contributed by atoms with Gasteiger partial charge in [-0.1, -0.05) is 11.6 Å². The van der Waals surface area contributed by atoms with E-state index in [1.807, 2.05) is 11.8 Å². The minimum atomic E-state index is -0.569. The third-order valence-electron chi connectivity index (χ3n) is 4.07. The molecule has 1 N–H and O–H groups in total. The maximum absolute atomic E-state index is 10.8. The molecule has 2 fully saturated rings. The van der Waals surface area contributed by atoms with Crippen LogP contribution in [0, 0.1) is 23.0 Å². The van der Waals surface area contributed by atoms with E-state index in [1.54, 1.807) is 6.07 Å². The molecule has 2 aliphatic rings. The molecule has 0 radical (unpaired) electrons. The van der Waals surface area contributed by atoms with Crippen molar-refractivity contribution in [3.05, 3.63) is 32.8 Å². The van der Waals surface area contributed by atoms with Crippen molar-refractivity contribution in [3.8, 4) is 0 Å². The molecular weight excluding hydrogens is 268 g/mol. The van der Waals surface area contributed by atoms with E-state index in [0.717, 1.165) is 24.1 Å². The lowest BCUT2D eigenvalue weighted by atomic mass is 9.87. The summed E-state index contributed by atoms with van der Waals surface area (Å²) in [4.78, 5) is 12.4. The number of hydrogen-bond donors (Lipinski definition) is 1. The van der Waals surface area contributed by atoms with Gasteiger partial charge >= 0.3 is 0 Å². The molecule has 19 heavy (non-hydrogen) atoms. The van der Waals surface area contributed by atoms with Gasteiger partial charge in [-0.05, 0) is 37.3 Å². The zero-order valence-corrected chi connectivity index (χ0v) is 11.4. The van der Waals surface area contributed by atoms with Crippen molar-refractivity contribution in [2.24, 2.45) is 5.92 Å². The summed E-state index contributed by atoms with van der Waals surface area (Å²) in [5.74, 6) is 0.428. The van der Waals surface area contributed by atoms with E-state index < -0.39 is 10.5 Å². The molecule has 0 unspecified atom stereocenters. The van der Waals surface area contributed by atoms with Crippen LogP contribution < -0.4 is 4.90 Å². The van der Waals surface area contributed by atoms with Crippen molar-refractivity contribution >= 4 is 23.0 Å². The second-order valence-corrected chi connectivity index (χ2v) is 5.99. The lowest BCUT2D eigenvalue weighted by Crippen LogP contribution is -2.63. The third-order valence-corrected chi connectivity index (χ3v) is 4.37. The van der Waals surface area contributed by atoms with Crippen LogP contribution in [0.4, 0.5) is 11.4 Å². The van der Waals surface area contributed by atoms with Gasteiger partial charge in [0, 0.05) is 24.8 Å². The van der Waals surface area contributed by atoms with E-state index in [4.69, 9.17) is 11.6 Å². The number of rotatable bonds is 3. The predicted molar refractivity (Wildman–Crippen MR) is 72.7 cm³/mol. The van der Waals surface area contributed by atoms with E-state index in [0.29, 0.717) is 19.0 Å². The van der Waals surface area contributed by atoms with Gasteiger partial charge in [0.1, 0.15) is 10.6 Å². The zero-order valence-electron chi connectivity index (χ0n) is 10.6. The minimum absolute atomic E-state index is 0.0686. The Morgan fingerprint density at radius 1 is 1.47 bits per heavy atom. The quantitative estimate of drug-likeness (QED) is 0.683. The lowest BCUT2D eigenvalue weighted by Gasteiger charge is -2.49. The molecule has 0 spiro atoms. The molecule has 1 aliphatic heterocycles. The van der Waals surface area contributed by atoms with Crippen LogP contribution >= 0.6 is 11.6 Å². The first-order valence-electron chi connectivity index (χ1n) is 6.32. The Kier molecular flexibility index (Phi) is 2.73. The van der Waals surface area contributed by atoms with Crippen LogP contribution in [0.25, 0.3) is 0 Å². The number of aliphatic hydroxyl groups is 1. The number of anilines is 1. The van der Waals surface area contributed by atoms with Gasteiger partial charge in [0.2, 0.25) is 0 Å². The molecule has 1 aromatic rings. The van der Waals surface area contributed by atoms with Crippen LogP contribution in [0.5, 0.6) is 0 Å². The first kappa shape index (κ1) is 12.7. The average molecular weight is 283 g/mol. The van der Waals surface area contributed by atoms with Crippen molar-refractivity contribution in [3.63, 3.8) is 0 Å². The molecule has 1 saturated heterocycles. The van der Waals surface area contributed by atoms with Crippen molar-refractivity contribution in [2.75, 3.05) is 18.0 Å². The number of benzene rings is 1. The smallest absolute Gasteiger partial charge is 0.288 e. The molecule has 1 aromatic carbocycles. The second-order valence-electron chi connectivity index (χ2n) is 5.58. The standard InChI is InChI=1S/C13H15ClN2O3/c1-8-4-12(16(18)19)10(14)5-11(8)15-6-13(17,7-15)9-2-3-9/h4-5,9,17H,2-3,6-7H2,1H3. The molecule has 0 amide bonds. The number of aryl methyl sites for hydroxylation is 1. The van der Waals surface area contributed by atoms with Gasteiger partial charge < -0.3 is 10.0 Å². The maximum Gasteiger partial charge on any atom is 0.288 e. The lowest BCUT2D eigenvalue weighted by molar-refractivity contribution is -0.384. The molecule has 0 aromatic heterocycles. The molecule has 0 atom stereocenters. The monoisotopic (exact) mass is 282 g/mol. The molecule has 3 rings (SSSR count). The van der Waals surface area contributed by atoms with Crippen LogP contribution in [-0.2, 0) is 0 Å². The highest BCUT2D eigenvalue weighted by Crippen LogP contribution is 2.46. The summed E-state index contributed by atoms with van der Waals surface area (Å²) < 4.78 is 0. The Morgan fingerprint density at radius 3 is 2.63 bits per heavy atom. The molecule has 102 valence electrons. The predicted octanol–water partition coefficient (Wildman–Crippen LogP) is 2.52. The summed E-state index contributed by atoms with van der Waals surface area (Å²) in [6.07, 6.45) is 2.20. The minimum Gasteiger partial charge on any atom is -0.386 e. The fourth-order valence-corrected chi connectivity index (χ4v) is 3.03. The van der Waals surface area contributed by atoms with Crippen LogP contribution in [0.15, 0.2) is 12.1 Å². The third kappa shape index (κ3) is 2.07. The van der Waals surface area contributed by atoms with E-state index in [9.17, 15) is 15.2 Å². The Morgan fingerprint density at radius 2 is 2.11 bits per heavy atom. The van der Waals surface area contributed by atoms with Crippen LogP contribution in [0.2, 0.25) is 5.02 Å². The van der Waals surface area contributed by atoms with Crippen LogP contribution in [0.3, 0.4) is 0 Å². The largest absolute Gasteiger partial charge is 0.386 e. The second kappa shape index (κ2) is 4.08. The summed E-state index contributed by atoms with van der Waals surface area (Å²) in [5.41, 5.74) is 1.05. The molecular formula is C13H15ClN2O3. The molecule has 6 heteroatoms. The van der Waals surface area contributed by atoms with Gasteiger partial charge in [0.05, 0.1) is 4.92 Å². The zero-order chi connectivity index (χ0) is 13.8. The van der Waals surface area contributed by atoms with E-state index in [2.05, 4.69) is 0 Å². The summed E-state index contributed by atoms with van der Waals surface area (Å²) in [7, 11) is 0. The number of nitrogens with zero attached hydrogens (tertiary/aromatic N) is 2. The molecule has 1 aliphatic carbocycles. The Balaban J connectivity index is 1.83. The fourth-order valence-electron chi connectivity index (χ4n) is 2.80. The number of nitro benzene ring substituents is 1. The van der Waals surface area contributed by atoms with Crippen molar-refractivity contribution < 1.29 is 10.0 Å². The topological polar surface area (TPSA) is 66.6 Å². The van der Waals surface area contributed by atoms with Gasteiger partial charge in [-0.15, -0.1) is 0 Å². The van der Waals surface area contributed by atoms with Gasteiger partial charge in [0.25, 0.3) is 5.69 Å². The Bertz CT molecular complexity index is 551. The highest BCUT2D eigenvalue weighted by molar-refractivity contribution is 6.33. The highest BCUT2D eigenvalue weighted by Gasteiger charge is 2.52. The van der Waals surface area contributed by atoms with Crippen molar-refractivity contribution in [1.82, 2.24) is 0 Å². The Labute approximate surface area is 115 Å². The first-order chi connectivity index (χ1) is 8.90. The number of halogens is 1. The summed E-state index contributed by atoms with van der Waals surface area (Å²) in [5, 5.41) is 21.3. The first-order valence-corrected chi connectivity index (χ1v) is 6.70. The summed E-state index contributed by atoms with van der Waals surface area (Å²) in [6, 6.07) is 3.12. The normalized spacial score (nSPS) is 21.1. The average Bonchev–Trinajstić information content (AvgIpc) is 3.11. The van der Waals surface area contributed by atoms with Gasteiger partial charge in [-0.25, -0.2) is 0 Å². The van der Waals surface area contributed by atoms with Crippen molar-refractivity contribution in [2.45, 2.75) is 25.4 Å². The number of β-amino-alcohol motifs (C(OH)–C–C–N with tert-alkyl or cyclic N) is 1. The van der Waals surface area contributed by atoms with Gasteiger partial charge in [0.15, 0.2) is 0 Å². The summed E-state index contributed by atoms with van der Waals surface area (Å²) >= 11 is 5.94. The highest BCUT2D eigenvalue weighted by atomic mass is 35.5. The molecule has 0 bridgehead atoms. The fraction of sp³-hybridized carbons (Fsp3) is 0.538. The van der Waals surface area contributed by atoms with Crippen LogP contribution in [0.1, 0.15) is 18.4 Å². The maximum atomic E-state index is 10.8. The molecule has 5 nitrogen and oxygen atoms in total. The van der Waals surface area contributed by atoms with Gasteiger partial charge in [-0.3, -0.25) is 10.1 Å². The van der Waals surface area contributed by atoms with Gasteiger partial charge in [-0.2, -0.15) is 0 Å². The number of hydrogen-bond acceptors (Lipinski definition) is 4. The van der Waals surface area contributed by atoms with Crippen molar-refractivity contribution in [1.29, 1.82) is 0 Å².